The summed E-state index contributed by atoms with van der Waals surface area (Å²) in [6.07, 6.45) is -25.5. The van der Waals surface area contributed by atoms with Crippen LogP contribution in [0.25, 0.3) is 0 Å². The summed E-state index contributed by atoms with van der Waals surface area (Å²) in [5.41, 5.74) is 0. The minimum absolute atomic E-state index is 0.689. The zero-order valence-corrected chi connectivity index (χ0v) is 22.3. The van der Waals surface area contributed by atoms with Crippen molar-refractivity contribution in [1.29, 1.82) is 0 Å². The smallest absolute Gasteiger partial charge is 0.394 e. The van der Waals surface area contributed by atoms with Crippen molar-refractivity contribution in [2.75, 3.05) is 19.8 Å². The third kappa shape index (κ3) is 7.95. The van der Waals surface area contributed by atoms with Gasteiger partial charge in [-0.25, -0.2) is 4.57 Å². The first kappa shape index (κ1) is 34.5. The van der Waals surface area contributed by atoms with Gasteiger partial charge in [-0.05, 0) is 0 Å². The van der Waals surface area contributed by atoms with E-state index in [1.807, 2.05) is 0 Å². The summed E-state index contributed by atoms with van der Waals surface area (Å²) in [6.45, 7) is -1.61. The molecule has 1 unspecified atom stereocenters. The summed E-state index contributed by atoms with van der Waals surface area (Å²) >= 11 is 0. The lowest BCUT2D eigenvalue weighted by Crippen LogP contribution is -2.67. The Balaban J connectivity index is 1.70. The molecule has 41 heavy (non-hydrogen) atoms. The summed E-state index contributed by atoms with van der Waals surface area (Å²) in [5.74, 6) is -0.689. The number of aliphatic hydroxyl groups excluding tert-OH is 10. The standard InChI is InChI=1S/C20H36NO19P/c1-5(24)21-9-17(12(27)7(3-23)36-18(9)32)39-19-15(30)14(29)11(26)8(38-19)4-35-41(33,34)40-20-16(31)13(28)10(25)6(2-22)37-20/h6-20,22-23,25-32H,2-4H2,1H3,(H,21,24)(H,33,34)/t6-,7-,8-,9-,10+,11+,12+,13+,14+,15-,16-,17-,18-,19+,20-/m1/s1. The first-order valence-electron chi connectivity index (χ1n) is 12.3. The predicted octanol–water partition coefficient (Wildman–Crippen LogP) is -7.31. The van der Waals surface area contributed by atoms with E-state index in [9.17, 15) is 65.3 Å². The first-order chi connectivity index (χ1) is 19.1. The van der Waals surface area contributed by atoms with Crippen molar-refractivity contribution in [1.82, 2.24) is 5.32 Å². The van der Waals surface area contributed by atoms with E-state index in [-0.39, 0.29) is 0 Å². The molecule has 16 atom stereocenters. The topological polar surface area (TPSA) is 324 Å². The highest BCUT2D eigenvalue weighted by Gasteiger charge is 2.52. The maximum Gasteiger partial charge on any atom is 0.474 e. The summed E-state index contributed by atoms with van der Waals surface area (Å²) in [7, 11) is -5.22. The number of ether oxygens (including phenoxy) is 4. The lowest BCUT2D eigenvalue weighted by molar-refractivity contribution is -0.341. The average Bonchev–Trinajstić information content (AvgIpc) is 2.91. The molecule has 0 aromatic heterocycles. The van der Waals surface area contributed by atoms with Gasteiger partial charge in [-0.1, -0.05) is 0 Å². The van der Waals surface area contributed by atoms with Crippen LogP contribution in [0.5, 0.6) is 0 Å². The van der Waals surface area contributed by atoms with E-state index >= 15 is 0 Å². The van der Waals surface area contributed by atoms with Gasteiger partial charge in [-0.2, -0.15) is 0 Å². The number of aliphatic hydroxyl groups is 10. The van der Waals surface area contributed by atoms with Gasteiger partial charge in [0.25, 0.3) is 0 Å². The Labute approximate surface area is 231 Å². The number of nitrogens with one attached hydrogen (secondary N) is 1. The molecular formula is C20H36NO19P. The SMILES string of the molecule is CC(=O)N[C@@H]1[C@@H](O[C@@H]2O[C@H](COP(=O)(O)O[C@H]3O[C@H](CO)[C@H](O)[C@H](O)[C@H]3O)[C@H](O)[C@H](O)[C@H]2O)[C@@H](O)[C@@H](CO)O[C@H]1O. The van der Waals surface area contributed by atoms with E-state index in [0.717, 1.165) is 6.92 Å². The van der Waals surface area contributed by atoms with Crippen LogP contribution >= 0.6 is 7.82 Å². The number of rotatable bonds is 10. The second-order valence-electron chi connectivity index (χ2n) is 9.65. The van der Waals surface area contributed by atoms with Crippen molar-refractivity contribution in [3.8, 4) is 0 Å². The molecular weight excluding hydrogens is 589 g/mol. The Kier molecular flexibility index (Phi) is 12.0. The van der Waals surface area contributed by atoms with Crippen molar-refractivity contribution in [3.05, 3.63) is 0 Å². The third-order valence-electron chi connectivity index (χ3n) is 6.69. The van der Waals surface area contributed by atoms with Crippen molar-refractivity contribution in [3.63, 3.8) is 0 Å². The van der Waals surface area contributed by atoms with Crippen LogP contribution in [0, 0.1) is 0 Å². The maximum atomic E-state index is 12.5. The Hall–Kier alpha value is -0.980. The van der Waals surface area contributed by atoms with Crippen LogP contribution in [-0.4, -0.2) is 174 Å². The van der Waals surface area contributed by atoms with Gasteiger partial charge in [-0.15, -0.1) is 0 Å². The molecule has 3 saturated heterocycles. The van der Waals surface area contributed by atoms with Crippen LogP contribution in [0.2, 0.25) is 0 Å². The van der Waals surface area contributed by atoms with E-state index in [1.165, 1.54) is 0 Å². The molecule has 3 fully saturated rings. The van der Waals surface area contributed by atoms with E-state index in [4.69, 9.17) is 23.5 Å². The third-order valence-corrected chi connectivity index (χ3v) is 7.64. The molecule has 0 aliphatic carbocycles. The van der Waals surface area contributed by atoms with Gasteiger partial charge in [-0.3, -0.25) is 13.8 Å². The van der Waals surface area contributed by atoms with Crippen molar-refractivity contribution in [2.24, 2.45) is 0 Å². The second-order valence-corrected chi connectivity index (χ2v) is 11.1. The van der Waals surface area contributed by atoms with Crippen LogP contribution < -0.4 is 5.32 Å². The molecule has 3 rings (SSSR count). The molecule has 0 spiro atoms. The number of hydrogen-bond donors (Lipinski definition) is 12. The number of amides is 1. The van der Waals surface area contributed by atoms with Gasteiger partial charge >= 0.3 is 7.82 Å². The highest BCUT2D eigenvalue weighted by atomic mass is 31.2. The van der Waals surface area contributed by atoms with E-state index in [2.05, 4.69) is 9.84 Å². The Morgan fingerprint density at radius 1 is 0.756 bits per heavy atom. The fourth-order valence-corrected chi connectivity index (χ4v) is 5.27. The average molecular weight is 625 g/mol. The molecule has 21 heteroatoms. The molecule has 0 radical (unpaired) electrons. The second kappa shape index (κ2) is 14.2. The molecule has 12 N–H and O–H groups in total. The molecule has 3 heterocycles. The van der Waals surface area contributed by atoms with E-state index in [1.54, 1.807) is 0 Å². The minimum Gasteiger partial charge on any atom is -0.394 e. The fraction of sp³-hybridized carbons (Fsp3) is 0.950. The number of phosphoric ester groups is 1. The normalized spacial score (nSPS) is 47.0. The zero-order valence-electron chi connectivity index (χ0n) is 21.4. The number of carbonyl (C=O) groups excluding carboxylic acids is 1. The summed E-state index contributed by atoms with van der Waals surface area (Å²) in [4.78, 5) is 21.7. The van der Waals surface area contributed by atoms with Crippen LogP contribution in [0.1, 0.15) is 6.92 Å². The summed E-state index contributed by atoms with van der Waals surface area (Å²) in [5, 5.41) is 102. The largest absolute Gasteiger partial charge is 0.474 e. The molecule has 240 valence electrons. The predicted molar refractivity (Wildman–Crippen MR) is 124 cm³/mol. The van der Waals surface area contributed by atoms with Crippen LogP contribution in [0.15, 0.2) is 0 Å². The van der Waals surface area contributed by atoms with Crippen molar-refractivity contribution >= 4 is 13.7 Å². The van der Waals surface area contributed by atoms with Gasteiger partial charge in [0.1, 0.15) is 73.2 Å². The highest BCUT2D eigenvalue weighted by Crippen LogP contribution is 2.47. The minimum atomic E-state index is -5.22. The van der Waals surface area contributed by atoms with E-state index < -0.39 is 126 Å². The van der Waals surface area contributed by atoms with Gasteiger partial charge in [0, 0.05) is 6.92 Å². The highest BCUT2D eigenvalue weighted by molar-refractivity contribution is 7.47. The lowest BCUT2D eigenvalue weighted by Gasteiger charge is -2.46. The van der Waals surface area contributed by atoms with Crippen molar-refractivity contribution in [2.45, 2.75) is 99.0 Å². The molecule has 20 nitrogen and oxygen atoms in total. The van der Waals surface area contributed by atoms with Crippen LogP contribution in [0.3, 0.4) is 0 Å². The fourth-order valence-electron chi connectivity index (χ4n) is 4.44. The molecule has 3 aliphatic heterocycles. The number of hydrogen-bond acceptors (Lipinski definition) is 18. The summed E-state index contributed by atoms with van der Waals surface area (Å²) in [6, 6.07) is -1.47. The maximum absolute atomic E-state index is 12.5. The van der Waals surface area contributed by atoms with Gasteiger partial charge in [0.05, 0.1) is 19.8 Å². The molecule has 0 aromatic rings. The molecule has 0 bridgehead atoms. The number of carbonyl (C=O) groups is 1. The number of phosphoric acid groups is 1. The quantitative estimate of drug-likeness (QED) is 0.100. The van der Waals surface area contributed by atoms with Gasteiger partial charge < -0.3 is 80.2 Å². The Morgan fingerprint density at radius 2 is 1.27 bits per heavy atom. The van der Waals surface area contributed by atoms with Crippen LogP contribution in [-0.2, 0) is 37.4 Å². The first-order valence-corrected chi connectivity index (χ1v) is 13.8. The van der Waals surface area contributed by atoms with E-state index in [0.29, 0.717) is 0 Å². The van der Waals surface area contributed by atoms with Crippen molar-refractivity contribution < 1.29 is 93.3 Å². The molecule has 0 aromatic carbocycles. The monoisotopic (exact) mass is 625 g/mol. The zero-order chi connectivity index (χ0) is 30.8. The molecule has 3 aliphatic rings. The molecule has 0 saturated carbocycles. The summed E-state index contributed by atoms with van der Waals surface area (Å²) < 4.78 is 42.8. The Morgan fingerprint density at radius 3 is 1.83 bits per heavy atom. The van der Waals surface area contributed by atoms with Gasteiger partial charge in [0.15, 0.2) is 18.9 Å². The Bertz CT molecular complexity index is 914. The molecule has 1 amide bonds. The van der Waals surface area contributed by atoms with Crippen LogP contribution in [0.4, 0.5) is 0 Å². The van der Waals surface area contributed by atoms with Gasteiger partial charge in [0.2, 0.25) is 5.91 Å². The lowest BCUT2D eigenvalue weighted by atomic mass is 9.95.